The molecule has 0 spiro atoms. The van der Waals surface area contributed by atoms with Gasteiger partial charge in [-0.25, -0.2) is 0 Å². The lowest BCUT2D eigenvalue weighted by molar-refractivity contribution is 0.0191. The van der Waals surface area contributed by atoms with Gasteiger partial charge in [0.15, 0.2) is 5.96 Å². The summed E-state index contributed by atoms with van der Waals surface area (Å²) in [6.45, 7) is 8.80. The lowest BCUT2D eigenvalue weighted by atomic mass is 10.1. The zero-order chi connectivity index (χ0) is 21.0. The van der Waals surface area contributed by atoms with Crippen LogP contribution in [0.5, 0.6) is 5.75 Å². The van der Waals surface area contributed by atoms with E-state index < -0.39 is 0 Å². The molecule has 7 heteroatoms. The van der Waals surface area contributed by atoms with E-state index in [2.05, 4.69) is 40.7 Å². The van der Waals surface area contributed by atoms with Crippen molar-refractivity contribution < 1.29 is 14.2 Å². The van der Waals surface area contributed by atoms with Gasteiger partial charge < -0.3 is 24.8 Å². The molecule has 2 N–H and O–H groups in total. The monoisotopic (exact) mass is 418 g/mol. The Morgan fingerprint density at radius 3 is 2.87 bits per heavy atom. The van der Waals surface area contributed by atoms with E-state index in [0.29, 0.717) is 19.8 Å². The maximum absolute atomic E-state index is 5.76. The zero-order valence-corrected chi connectivity index (χ0v) is 18.6. The van der Waals surface area contributed by atoms with Crippen molar-refractivity contribution in [3.63, 3.8) is 0 Å². The van der Waals surface area contributed by atoms with E-state index in [1.54, 1.807) is 7.11 Å². The second kappa shape index (κ2) is 12.8. The van der Waals surface area contributed by atoms with E-state index >= 15 is 0 Å². The van der Waals surface area contributed by atoms with Crippen molar-refractivity contribution in [3.05, 3.63) is 29.8 Å². The van der Waals surface area contributed by atoms with Crippen LogP contribution in [0.3, 0.4) is 0 Å². The molecule has 2 unspecified atom stereocenters. The fourth-order valence-electron chi connectivity index (χ4n) is 4.09. The molecule has 0 aromatic heterocycles. The fraction of sp³-hybridized carbons (Fsp3) is 0.696. The number of nitrogens with zero attached hydrogens (tertiary/aromatic N) is 2. The van der Waals surface area contributed by atoms with Crippen molar-refractivity contribution in [2.45, 2.75) is 44.8 Å². The Morgan fingerprint density at radius 1 is 1.27 bits per heavy atom. The second-order valence-corrected chi connectivity index (χ2v) is 7.89. The van der Waals surface area contributed by atoms with Crippen LogP contribution in [0.25, 0.3) is 0 Å². The molecule has 0 amide bonds. The van der Waals surface area contributed by atoms with Gasteiger partial charge in [-0.05, 0) is 63.4 Å². The number of ether oxygens (including phenoxy) is 3. The molecule has 2 aliphatic rings. The van der Waals surface area contributed by atoms with Gasteiger partial charge in [0.05, 0.1) is 39.0 Å². The maximum Gasteiger partial charge on any atom is 0.191 e. The molecule has 0 aliphatic carbocycles. The first-order valence-electron chi connectivity index (χ1n) is 11.4. The molecule has 2 heterocycles. The first-order valence-corrected chi connectivity index (χ1v) is 11.4. The third kappa shape index (κ3) is 7.15. The van der Waals surface area contributed by atoms with E-state index in [0.717, 1.165) is 57.3 Å². The van der Waals surface area contributed by atoms with Gasteiger partial charge in [0.25, 0.3) is 0 Å². The van der Waals surface area contributed by atoms with Gasteiger partial charge in [-0.15, -0.1) is 0 Å². The molecule has 0 radical (unpaired) electrons. The molecular weight excluding hydrogens is 380 g/mol. The minimum atomic E-state index is 0.258. The third-order valence-electron chi connectivity index (χ3n) is 5.69. The number of methoxy groups -OCH3 is 1. The van der Waals surface area contributed by atoms with Gasteiger partial charge >= 0.3 is 0 Å². The van der Waals surface area contributed by atoms with Gasteiger partial charge in [-0.2, -0.15) is 0 Å². The second-order valence-electron chi connectivity index (χ2n) is 7.89. The summed E-state index contributed by atoms with van der Waals surface area (Å²) in [7, 11) is 1.72. The Labute approximate surface area is 181 Å². The average Bonchev–Trinajstić information content (AvgIpc) is 3.48. The smallest absolute Gasteiger partial charge is 0.191 e. The summed E-state index contributed by atoms with van der Waals surface area (Å²) in [6.07, 6.45) is 5.04. The number of nitrogens with one attached hydrogen (secondary N) is 2. The number of benzene rings is 1. The summed E-state index contributed by atoms with van der Waals surface area (Å²) in [5, 5.41) is 6.75. The molecule has 30 heavy (non-hydrogen) atoms. The molecule has 0 bridgehead atoms. The first kappa shape index (κ1) is 22.8. The Hall–Kier alpha value is -1.83. The summed E-state index contributed by atoms with van der Waals surface area (Å²) in [4.78, 5) is 7.43. The van der Waals surface area contributed by atoms with Crippen LogP contribution in [0.1, 0.15) is 44.2 Å². The lowest BCUT2D eigenvalue weighted by Gasteiger charge is -2.27. The SMILES string of the molecule is CCNC(=NCC(c1cccc(OC)c1)N1CCCC1)NCCOCC1CCCO1. The number of hydrogen-bond donors (Lipinski definition) is 2. The summed E-state index contributed by atoms with van der Waals surface area (Å²) in [6, 6.07) is 8.64. The highest BCUT2D eigenvalue weighted by Gasteiger charge is 2.24. The van der Waals surface area contributed by atoms with Gasteiger partial charge in [0.1, 0.15) is 5.75 Å². The molecule has 1 aromatic rings. The van der Waals surface area contributed by atoms with Crippen LogP contribution in [0, 0.1) is 0 Å². The van der Waals surface area contributed by atoms with E-state index in [1.807, 2.05) is 6.07 Å². The summed E-state index contributed by atoms with van der Waals surface area (Å²) < 4.78 is 16.8. The quantitative estimate of drug-likeness (QED) is 0.327. The summed E-state index contributed by atoms with van der Waals surface area (Å²) in [5.41, 5.74) is 1.26. The van der Waals surface area contributed by atoms with Crippen LogP contribution < -0.4 is 15.4 Å². The van der Waals surface area contributed by atoms with Gasteiger partial charge in [0, 0.05) is 19.7 Å². The number of guanidine groups is 1. The van der Waals surface area contributed by atoms with Crippen LogP contribution >= 0.6 is 0 Å². The Kier molecular flexibility index (Phi) is 9.73. The topological polar surface area (TPSA) is 67.4 Å². The maximum atomic E-state index is 5.76. The van der Waals surface area contributed by atoms with Crippen molar-refractivity contribution in [1.29, 1.82) is 0 Å². The molecule has 0 saturated carbocycles. The van der Waals surface area contributed by atoms with E-state index in [-0.39, 0.29) is 12.1 Å². The predicted octanol–water partition coefficient (Wildman–Crippen LogP) is 2.58. The highest BCUT2D eigenvalue weighted by atomic mass is 16.5. The van der Waals surface area contributed by atoms with Crippen LogP contribution in [0.15, 0.2) is 29.3 Å². The van der Waals surface area contributed by atoms with Crippen molar-refractivity contribution in [2.75, 3.05) is 59.7 Å². The molecule has 2 saturated heterocycles. The molecule has 3 rings (SSSR count). The fourth-order valence-corrected chi connectivity index (χ4v) is 4.09. The van der Waals surface area contributed by atoms with Gasteiger partial charge in [-0.1, -0.05) is 12.1 Å². The minimum Gasteiger partial charge on any atom is -0.497 e. The number of hydrogen-bond acceptors (Lipinski definition) is 5. The average molecular weight is 419 g/mol. The van der Waals surface area contributed by atoms with Crippen LogP contribution in [-0.4, -0.2) is 76.6 Å². The Morgan fingerprint density at radius 2 is 2.13 bits per heavy atom. The van der Waals surface area contributed by atoms with Gasteiger partial charge in [-0.3, -0.25) is 9.89 Å². The number of rotatable bonds is 11. The Balaban J connectivity index is 1.54. The van der Waals surface area contributed by atoms with Crippen LogP contribution in [0.4, 0.5) is 0 Å². The zero-order valence-electron chi connectivity index (χ0n) is 18.6. The molecule has 2 atom stereocenters. The number of likely N-dealkylation sites (tertiary alicyclic amines) is 1. The summed E-state index contributed by atoms with van der Waals surface area (Å²) >= 11 is 0. The largest absolute Gasteiger partial charge is 0.497 e. The van der Waals surface area contributed by atoms with Crippen molar-refractivity contribution in [1.82, 2.24) is 15.5 Å². The minimum absolute atomic E-state index is 0.258. The van der Waals surface area contributed by atoms with Crippen LogP contribution in [0.2, 0.25) is 0 Å². The Bertz CT molecular complexity index is 643. The third-order valence-corrected chi connectivity index (χ3v) is 5.69. The molecular formula is C23H38N4O3. The summed E-state index contributed by atoms with van der Waals surface area (Å²) in [5.74, 6) is 1.74. The first-order chi connectivity index (χ1) is 14.8. The highest BCUT2D eigenvalue weighted by molar-refractivity contribution is 5.79. The van der Waals surface area contributed by atoms with Crippen LogP contribution in [-0.2, 0) is 9.47 Å². The van der Waals surface area contributed by atoms with Crippen molar-refractivity contribution in [2.24, 2.45) is 4.99 Å². The van der Waals surface area contributed by atoms with Crippen molar-refractivity contribution >= 4 is 5.96 Å². The molecule has 1 aromatic carbocycles. The van der Waals surface area contributed by atoms with E-state index in [9.17, 15) is 0 Å². The predicted molar refractivity (Wildman–Crippen MR) is 120 cm³/mol. The molecule has 2 aliphatic heterocycles. The molecule has 168 valence electrons. The van der Waals surface area contributed by atoms with E-state index in [1.165, 1.54) is 18.4 Å². The molecule has 2 fully saturated rings. The highest BCUT2D eigenvalue weighted by Crippen LogP contribution is 2.27. The normalized spacial score (nSPS) is 21.0. The lowest BCUT2D eigenvalue weighted by Crippen LogP contribution is -2.40. The number of aliphatic imine (C=N–C) groups is 1. The standard InChI is InChI=1S/C23H38N4O3/c1-3-24-23(25-11-15-29-18-21-10-7-14-30-21)26-17-22(27-12-4-5-13-27)19-8-6-9-20(16-19)28-2/h6,8-9,16,21-22H,3-5,7,10-15,17-18H2,1-2H3,(H2,24,25,26). The van der Waals surface area contributed by atoms with Crippen molar-refractivity contribution in [3.8, 4) is 5.75 Å². The molecule has 7 nitrogen and oxygen atoms in total. The van der Waals surface area contributed by atoms with Gasteiger partial charge in [0.2, 0.25) is 0 Å². The van der Waals surface area contributed by atoms with E-state index in [4.69, 9.17) is 19.2 Å².